The number of carboxylic acids is 1. The zero-order valence-corrected chi connectivity index (χ0v) is 13.1. The lowest BCUT2D eigenvalue weighted by molar-refractivity contribution is -0.143. The second-order valence-corrected chi connectivity index (χ2v) is 6.10. The summed E-state index contributed by atoms with van der Waals surface area (Å²) in [4.78, 5) is 27.1. The number of aromatic nitrogens is 1. The van der Waals surface area contributed by atoms with Crippen LogP contribution < -0.4 is 5.32 Å². The normalized spacial score (nSPS) is 22.0. The Morgan fingerprint density at radius 1 is 1.22 bits per heavy atom. The van der Waals surface area contributed by atoms with Crippen LogP contribution >= 0.6 is 0 Å². The SMILES string of the molecule is O=C(CCc1ccc(F)nc1)N[C@H]1CCCCCC[C@H]1C(=O)O. The lowest BCUT2D eigenvalue weighted by Gasteiger charge is -2.27. The van der Waals surface area contributed by atoms with Gasteiger partial charge in [0.05, 0.1) is 5.92 Å². The van der Waals surface area contributed by atoms with E-state index in [2.05, 4.69) is 10.3 Å². The second kappa shape index (κ2) is 8.60. The highest BCUT2D eigenvalue weighted by molar-refractivity contribution is 5.78. The quantitative estimate of drug-likeness (QED) is 0.817. The number of hydrogen-bond donors (Lipinski definition) is 2. The molecule has 5 nitrogen and oxygen atoms in total. The van der Waals surface area contributed by atoms with Gasteiger partial charge in [-0.25, -0.2) is 4.98 Å². The molecule has 1 aromatic rings. The number of aliphatic carboxylic acids is 1. The highest BCUT2D eigenvalue weighted by Crippen LogP contribution is 2.23. The van der Waals surface area contributed by atoms with Gasteiger partial charge in [0.15, 0.2) is 0 Å². The van der Waals surface area contributed by atoms with Crippen LogP contribution in [0.15, 0.2) is 18.3 Å². The van der Waals surface area contributed by atoms with Crippen molar-refractivity contribution in [3.8, 4) is 0 Å². The third kappa shape index (κ3) is 5.62. The molecule has 1 heterocycles. The number of hydrogen-bond acceptors (Lipinski definition) is 3. The Morgan fingerprint density at radius 2 is 1.96 bits per heavy atom. The first-order valence-electron chi connectivity index (χ1n) is 8.19. The molecule has 1 aliphatic rings. The van der Waals surface area contributed by atoms with Gasteiger partial charge in [-0.3, -0.25) is 9.59 Å². The summed E-state index contributed by atoms with van der Waals surface area (Å²) in [5, 5.41) is 12.3. The number of nitrogens with one attached hydrogen (secondary N) is 1. The molecule has 0 radical (unpaired) electrons. The number of pyridine rings is 1. The molecule has 1 aromatic heterocycles. The number of aryl methyl sites for hydroxylation is 1. The van der Waals surface area contributed by atoms with Crippen LogP contribution in [0.25, 0.3) is 0 Å². The molecule has 2 atom stereocenters. The maximum Gasteiger partial charge on any atom is 0.308 e. The first-order chi connectivity index (χ1) is 11.1. The highest BCUT2D eigenvalue weighted by atomic mass is 19.1. The molecule has 0 saturated heterocycles. The van der Waals surface area contributed by atoms with Crippen molar-refractivity contribution in [3.05, 3.63) is 29.8 Å². The summed E-state index contributed by atoms with van der Waals surface area (Å²) >= 11 is 0. The fourth-order valence-corrected chi connectivity index (χ4v) is 3.04. The Bertz CT molecular complexity index is 533. The first-order valence-corrected chi connectivity index (χ1v) is 8.19. The number of nitrogens with zero attached hydrogens (tertiary/aromatic N) is 1. The summed E-state index contributed by atoms with van der Waals surface area (Å²) in [7, 11) is 0. The zero-order chi connectivity index (χ0) is 16.7. The number of rotatable bonds is 5. The predicted octanol–water partition coefficient (Wildman–Crippen LogP) is 2.69. The molecule has 1 fully saturated rings. The molecular formula is C17H23FN2O3. The van der Waals surface area contributed by atoms with Crippen molar-refractivity contribution in [3.63, 3.8) is 0 Å². The van der Waals surface area contributed by atoms with Gasteiger partial charge in [0, 0.05) is 18.7 Å². The largest absolute Gasteiger partial charge is 0.481 e. The number of halogens is 1. The minimum absolute atomic E-state index is 0.161. The Kier molecular flexibility index (Phi) is 6.50. The molecule has 1 amide bonds. The van der Waals surface area contributed by atoms with E-state index < -0.39 is 17.8 Å². The monoisotopic (exact) mass is 322 g/mol. The molecule has 23 heavy (non-hydrogen) atoms. The summed E-state index contributed by atoms with van der Waals surface area (Å²) in [5.74, 6) is -2.05. The maximum atomic E-state index is 12.7. The fourth-order valence-electron chi connectivity index (χ4n) is 3.04. The molecule has 0 aromatic carbocycles. The number of carbonyl (C=O) groups is 2. The van der Waals surface area contributed by atoms with E-state index in [9.17, 15) is 19.1 Å². The van der Waals surface area contributed by atoms with Crippen LogP contribution in [0.3, 0.4) is 0 Å². The summed E-state index contributed by atoms with van der Waals surface area (Å²) in [6.45, 7) is 0. The smallest absolute Gasteiger partial charge is 0.308 e. The third-order valence-corrected chi connectivity index (χ3v) is 4.36. The van der Waals surface area contributed by atoms with E-state index in [1.54, 1.807) is 6.07 Å². The van der Waals surface area contributed by atoms with Gasteiger partial charge < -0.3 is 10.4 Å². The van der Waals surface area contributed by atoms with Gasteiger partial charge in [-0.05, 0) is 30.9 Å². The number of carbonyl (C=O) groups excluding carboxylic acids is 1. The van der Waals surface area contributed by atoms with Gasteiger partial charge in [-0.2, -0.15) is 4.39 Å². The summed E-state index contributed by atoms with van der Waals surface area (Å²) in [6.07, 6.45) is 7.42. The molecule has 1 aliphatic carbocycles. The fraction of sp³-hybridized carbons (Fsp3) is 0.588. The van der Waals surface area contributed by atoms with E-state index in [1.165, 1.54) is 12.3 Å². The minimum Gasteiger partial charge on any atom is -0.481 e. The van der Waals surface area contributed by atoms with Crippen LogP contribution in [0.2, 0.25) is 0 Å². The minimum atomic E-state index is -0.833. The van der Waals surface area contributed by atoms with Crippen LogP contribution in [0, 0.1) is 11.9 Å². The maximum absolute atomic E-state index is 12.7. The predicted molar refractivity (Wildman–Crippen MR) is 83.3 cm³/mol. The van der Waals surface area contributed by atoms with E-state index in [4.69, 9.17) is 0 Å². The van der Waals surface area contributed by atoms with Crippen molar-refractivity contribution in [1.82, 2.24) is 10.3 Å². The van der Waals surface area contributed by atoms with Gasteiger partial charge >= 0.3 is 5.97 Å². The van der Waals surface area contributed by atoms with E-state index in [0.29, 0.717) is 19.3 Å². The van der Waals surface area contributed by atoms with Gasteiger partial charge in [0.25, 0.3) is 0 Å². The van der Waals surface area contributed by atoms with Crippen LogP contribution in [0.5, 0.6) is 0 Å². The molecule has 2 rings (SSSR count). The van der Waals surface area contributed by atoms with Crippen molar-refractivity contribution < 1.29 is 19.1 Å². The average Bonchev–Trinajstić information content (AvgIpc) is 2.49. The van der Waals surface area contributed by atoms with Crippen molar-refractivity contribution >= 4 is 11.9 Å². The second-order valence-electron chi connectivity index (χ2n) is 6.10. The van der Waals surface area contributed by atoms with Crippen molar-refractivity contribution in [2.75, 3.05) is 0 Å². The van der Waals surface area contributed by atoms with E-state index in [-0.39, 0.29) is 18.4 Å². The first kappa shape index (κ1) is 17.4. The number of amides is 1. The van der Waals surface area contributed by atoms with Gasteiger partial charge in [-0.15, -0.1) is 0 Å². The lowest BCUT2D eigenvalue weighted by atomic mass is 9.86. The molecular weight excluding hydrogens is 299 g/mol. The molecule has 0 unspecified atom stereocenters. The van der Waals surface area contributed by atoms with E-state index in [0.717, 1.165) is 31.2 Å². The molecule has 126 valence electrons. The third-order valence-electron chi connectivity index (χ3n) is 4.36. The number of carboxylic acid groups (broad SMARTS) is 1. The van der Waals surface area contributed by atoms with Crippen LogP contribution in [-0.4, -0.2) is 28.0 Å². The molecule has 0 bridgehead atoms. The molecule has 6 heteroatoms. The standard InChI is InChI=1S/C17H23FN2O3/c18-15-9-7-12(11-19-15)8-10-16(21)20-14-6-4-2-1-3-5-13(14)17(22)23/h7,9,11,13-14H,1-6,8,10H2,(H,20,21)(H,22,23)/t13-,14+/m1/s1. The van der Waals surface area contributed by atoms with Crippen molar-refractivity contribution in [1.29, 1.82) is 0 Å². The molecule has 1 saturated carbocycles. The zero-order valence-electron chi connectivity index (χ0n) is 13.1. The van der Waals surface area contributed by atoms with Gasteiger partial charge in [0.2, 0.25) is 11.9 Å². The molecule has 0 spiro atoms. The molecule has 2 N–H and O–H groups in total. The van der Waals surface area contributed by atoms with Crippen LogP contribution in [0.4, 0.5) is 4.39 Å². The van der Waals surface area contributed by atoms with Crippen molar-refractivity contribution in [2.24, 2.45) is 5.92 Å². The molecule has 0 aliphatic heterocycles. The van der Waals surface area contributed by atoms with Crippen LogP contribution in [0.1, 0.15) is 50.5 Å². The van der Waals surface area contributed by atoms with Crippen molar-refractivity contribution in [2.45, 2.75) is 57.4 Å². The topological polar surface area (TPSA) is 79.3 Å². The Morgan fingerprint density at radius 3 is 2.61 bits per heavy atom. The van der Waals surface area contributed by atoms with E-state index >= 15 is 0 Å². The average molecular weight is 322 g/mol. The Hall–Kier alpha value is -1.98. The van der Waals surface area contributed by atoms with Gasteiger partial charge in [-0.1, -0.05) is 31.7 Å². The Labute approximate surface area is 135 Å². The summed E-state index contributed by atoms with van der Waals surface area (Å²) in [5.41, 5.74) is 0.786. The Balaban J connectivity index is 1.88. The van der Waals surface area contributed by atoms with Crippen LogP contribution in [-0.2, 0) is 16.0 Å². The summed E-state index contributed by atoms with van der Waals surface area (Å²) in [6, 6.07) is 2.57. The summed E-state index contributed by atoms with van der Waals surface area (Å²) < 4.78 is 12.7. The van der Waals surface area contributed by atoms with E-state index in [1.807, 2.05) is 0 Å². The highest BCUT2D eigenvalue weighted by Gasteiger charge is 2.29. The lowest BCUT2D eigenvalue weighted by Crippen LogP contribution is -2.44. The van der Waals surface area contributed by atoms with Gasteiger partial charge in [0.1, 0.15) is 0 Å².